The van der Waals surface area contributed by atoms with E-state index in [0.29, 0.717) is 29.1 Å². The Morgan fingerprint density at radius 1 is 1.00 bits per heavy atom. The molecule has 0 radical (unpaired) electrons. The van der Waals surface area contributed by atoms with Crippen molar-refractivity contribution in [2.24, 2.45) is 0 Å². The predicted molar refractivity (Wildman–Crippen MR) is 140 cm³/mol. The number of pyridine rings is 1. The number of ether oxygens (including phenoxy) is 2. The maximum atomic E-state index is 11.1. The Morgan fingerprint density at radius 3 is 2.54 bits per heavy atom. The Kier molecular flexibility index (Phi) is 7.65. The van der Waals surface area contributed by atoms with Crippen LogP contribution in [0, 0.1) is 6.92 Å². The van der Waals surface area contributed by atoms with Gasteiger partial charge in [-0.1, -0.05) is 19.9 Å². The SMILES string of the molecule is CC.COCc1cnc2c(-c3nc4c(C(O)c5ccccn5)cc(OC)cc4s3)cc(C)cc2n1. The number of aliphatic hydroxyl groups excluding tert-OH is 1. The first-order chi connectivity index (χ1) is 17.1. The van der Waals surface area contributed by atoms with Crippen LogP contribution in [0.3, 0.4) is 0 Å². The van der Waals surface area contributed by atoms with Crippen LogP contribution in [-0.2, 0) is 11.3 Å². The summed E-state index contributed by atoms with van der Waals surface area (Å²) in [5.41, 5.74) is 6.23. The Bertz CT molecular complexity index is 1450. The minimum atomic E-state index is -0.926. The van der Waals surface area contributed by atoms with Crippen LogP contribution in [-0.4, -0.2) is 39.3 Å². The molecule has 3 aromatic heterocycles. The molecule has 1 atom stereocenters. The largest absolute Gasteiger partial charge is 0.497 e. The molecule has 0 aliphatic heterocycles. The van der Waals surface area contributed by atoms with Crippen LogP contribution in [0.4, 0.5) is 0 Å². The molecule has 0 saturated heterocycles. The first kappa shape index (κ1) is 24.7. The molecule has 180 valence electrons. The molecule has 0 aliphatic carbocycles. The summed E-state index contributed by atoms with van der Waals surface area (Å²) in [6.07, 6.45) is 2.47. The summed E-state index contributed by atoms with van der Waals surface area (Å²) in [5, 5.41) is 11.9. The van der Waals surface area contributed by atoms with E-state index in [4.69, 9.17) is 19.4 Å². The van der Waals surface area contributed by atoms with E-state index in [2.05, 4.69) is 16.0 Å². The number of nitrogens with zero attached hydrogens (tertiary/aromatic N) is 4. The molecule has 1 unspecified atom stereocenters. The van der Waals surface area contributed by atoms with Gasteiger partial charge in [-0.2, -0.15) is 0 Å². The fraction of sp³-hybridized carbons (Fsp3) is 0.259. The summed E-state index contributed by atoms with van der Waals surface area (Å²) in [4.78, 5) is 18.6. The lowest BCUT2D eigenvalue weighted by atomic mass is 10.0. The van der Waals surface area contributed by atoms with Crippen molar-refractivity contribution in [2.45, 2.75) is 33.5 Å². The second kappa shape index (κ2) is 10.9. The monoisotopic (exact) mass is 488 g/mol. The Hall–Kier alpha value is -3.46. The van der Waals surface area contributed by atoms with Crippen molar-refractivity contribution in [3.05, 3.63) is 77.4 Å². The van der Waals surface area contributed by atoms with Crippen molar-refractivity contribution in [2.75, 3.05) is 14.2 Å². The van der Waals surface area contributed by atoms with Gasteiger partial charge in [-0.25, -0.2) is 9.97 Å². The van der Waals surface area contributed by atoms with Crippen LogP contribution in [0.25, 0.3) is 31.8 Å². The van der Waals surface area contributed by atoms with Gasteiger partial charge < -0.3 is 14.6 Å². The molecule has 2 aromatic carbocycles. The molecule has 0 spiro atoms. The topological polar surface area (TPSA) is 90.3 Å². The van der Waals surface area contributed by atoms with E-state index in [1.54, 1.807) is 32.7 Å². The summed E-state index contributed by atoms with van der Waals surface area (Å²) in [6, 6.07) is 13.3. The summed E-state index contributed by atoms with van der Waals surface area (Å²) in [6.45, 7) is 6.43. The van der Waals surface area contributed by atoms with E-state index in [-0.39, 0.29) is 0 Å². The normalized spacial score (nSPS) is 11.8. The Morgan fingerprint density at radius 2 is 1.83 bits per heavy atom. The molecular weight excluding hydrogens is 460 g/mol. The minimum absolute atomic E-state index is 0.405. The maximum Gasteiger partial charge on any atom is 0.126 e. The zero-order valence-electron chi connectivity index (χ0n) is 20.4. The van der Waals surface area contributed by atoms with Gasteiger partial charge in [0.2, 0.25) is 0 Å². The quantitative estimate of drug-likeness (QED) is 0.319. The number of thiazole rings is 1. The number of hydrogen-bond acceptors (Lipinski definition) is 8. The van der Waals surface area contributed by atoms with E-state index >= 15 is 0 Å². The molecule has 0 amide bonds. The lowest BCUT2D eigenvalue weighted by Crippen LogP contribution is -2.03. The molecule has 5 aromatic rings. The zero-order valence-corrected chi connectivity index (χ0v) is 21.3. The smallest absolute Gasteiger partial charge is 0.126 e. The number of rotatable bonds is 6. The van der Waals surface area contributed by atoms with Crippen LogP contribution in [0.5, 0.6) is 5.75 Å². The molecule has 0 aliphatic rings. The molecule has 0 fully saturated rings. The van der Waals surface area contributed by atoms with Crippen molar-refractivity contribution in [1.29, 1.82) is 0 Å². The second-order valence-electron chi connectivity index (χ2n) is 7.71. The van der Waals surface area contributed by atoms with Crippen molar-refractivity contribution in [1.82, 2.24) is 19.9 Å². The van der Waals surface area contributed by atoms with Gasteiger partial charge in [-0.15, -0.1) is 11.3 Å². The fourth-order valence-electron chi connectivity index (χ4n) is 3.85. The molecule has 3 heterocycles. The fourth-order valence-corrected chi connectivity index (χ4v) is 4.90. The highest BCUT2D eigenvalue weighted by Gasteiger charge is 2.21. The van der Waals surface area contributed by atoms with Crippen LogP contribution < -0.4 is 4.74 Å². The first-order valence-electron chi connectivity index (χ1n) is 11.4. The van der Waals surface area contributed by atoms with E-state index in [1.165, 1.54) is 11.3 Å². The minimum Gasteiger partial charge on any atom is -0.497 e. The average Bonchev–Trinajstić information content (AvgIpc) is 3.33. The van der Waals surface area contributed by atoms with Gasteiger partial charge >= 0.3 is 0 Å². The Balaban J connectivity index is 0.00000141. The molecule has 7 nitrogen and oxygen atoms in total. The molecular formula is C27H28N4O3S. The second-order valence-corrected chi connectivity index (χ2v) is 8.74. The first-order valence-corrected chi connectivity index (χ1v) is 12.2. The number of methoxy groups -OCH3 is 2. The van der Waals surface area contributed by atoms with Crippen LogP contribution in [0.2, 0.25) is 0 Å². The molecule has 8 heteroatoms. The van der Waals surface area contributed by atoms with Gasteiger partial charge in [0, 0.05) is 24.4 Å². The lowest BCUT2D eigenvalue weighted by molar-refractivity contribution is 0.181. The van der Waals surface area contributed by atoms with Crippen molar-refractivity contribution in [3.63, 3.8) is 0 Å². The van der Waals surface area contributed by atoms with E-state index in [1.807, 2.05) is 51.1 Å². The van der Waals surface area contributed by atoms with E-state index in [0.717, 1.165) is 37.6 Å². The van der Waals surface area contributed by atoms with Crippen molar-refractivity contribution in [3.8, 4) is 16.3 Å². The molecule has 5 rings (SSSR count). The Labute approximate surface area is 208 Å². The molecule has 0 saturated carbocycles. The highest BCUT2D eigenvalue weighted by atomic mass is 32.1. The third-order valence-electron chi connectivity index (χ3n) is 5.36. The van der Waals surface area contributed by atoms with Gasteiger partial charge in [-0.3, -0.25) is 9.97 Å². The number of aromatic nitrogens is 4. The lowest BCUT2D eigenvalue weighted by Gasteiger charge is -2.12. The maximum absolute atomic E-state index is 11.1. The van der Waals surface area contributed by atoms with Crippen LogP contribution in [0.1, 0.15) is 42.5 Å². The third-order valence-corrected chi connectivity index (χ3v) is 6.40. The number of hydrogen-bond donors (Lipinski definition) is 1. The summed E-state index contributed by atoms with van der Waals surface area (Å²) < 4.78 is 11.6. The van der Waals surface area contributed by atoms with Gasteiger partial charge in [0.25, 0.3) is 0 Å². The van der Waals surface area contributed by atoms with Gasteiger partial charge in [-0.05, 0) is 48.9 Å². The van der Waals surface area contributed by atoms with Crippen LogP contribution >= 0.6 is 11.3 Å². The molecule has 0 bridgehead atoms. The average molecular weight is 489 g/mol. The van der Waals surface area contributed by atoms with Gasteiger partial charge in [0.15, 0.2) is 0 Å². The number of benzene rings is 2. The van der Waals surface area contributed by atoms with Gasteiger partial charge in [0.05, 0.1) is 52.6 Å². The summed E-state index contributed by atoms with van der Waals surface area (Å²) in [7, 11) is 3.25. The van der Waals surface area contributed by atoms with Gasteiger partial charge in [0.1, 0.15) is 16.9 Å². The summed E-state index contributed by atoms with van der Waals surface area (Å²) in [5.74, 6) is 0.654. The van der Waals surface area contributed by atoms with Crippen molar-refractivity contribution < 1.29 is 14.6 Å². The highest BCUT2D eigenvalue weighted by molar-refractivity contribution is 7.21. The van der Waals surface area contributed by atoms with E-state index in [9.17, 15) is 5.11 Å². The third kappa shape index (κ3) is 5.00. The number of fused-ring (bicyclic) bond motifs is 2. The van der Waals surface area contributed by atoms with Crippen LogP contribution in [0.15, 0.2) is 54.9 Å². The number of aliphatic hydroxyl groups is 1. The number of aryl methyl sites for hydroxylation is 1. The highest BCUT2D eigenvalue weighted by Crippen LogP contribution is 2.39. The summed E-state index contributed by atoms with van der Waals surface area (Å²) >= 11 is 1.53. The standard InChI is InChI=1S/C25H22N4O3S.C2H6/c1-14-8-18(22-20(9-14)28-15(12-27-22)13-31-2)25-29-23-17(10-16(32-3)11-21(23)33-25)24(30)19-6-4-5-7-26-19;1-2/h4-12,24,30H,13H2,1-3H3;1-2H3. The molecule has 1 N–H and O–H groups in total. The van der Waals surface area contributed by atoms with E-state index < -0.39 is 6.10 Å². The zero-order chi connectivity index (χ0) is 24.9. The van der Waals surface area contributed by atoms with Crippen molar-refractivity contribution >= 4 is 32.6 Å². The molecule has 35 heavy (non-hydrogen) atoms. The predicted octanol–water partition coefficient (Wildman–Crippen LogP) is 5.87.